The Labute approximate surface area is 90.9 Å². The van der Waals surface area contributed by atoms with Crippen molar-refractivity contribution < 1.29 is 4.90 Å². The minimum absolute atomic E-state index is 1.14. The van der Waals surface area contributed by atoms with Crippen LogP contribution in [0.15, 0.2) is 24.4 Å². The van der Waals surface area contributed by atoms with Gasteiger partial charge in [0.2, 0.25) is 0 Å². The maximum atomic E-state index is 3.33. The molecule has 0 fully saturated rings. The van der Waals surface area contributed by atoms with E-state index in [1.165, 1.54) is 33.5 Å². The van der Waals surface area contributed by atoms with Gasteiger partial charge in [-0.2, -0.15) is 0 Å². The van der Waals surface area contributed by atoms with Crippen LogP contribution in [0.3, 0.4) is 0 Å². The van der Waals surface area contributed by atoms with Gasteiger partial charge in [0, 0.05) is 23.5 Å². The Morgan fingerprint density at radius 2 is 2.07 bits per heavy atom. The summed E-state index contributed by atoms with van der Waals surface area (Å²) < 4.78 is 0. The standard InChI is InChI=1S/C13H18N2/c1-10-4-5-13-12(8-10)11(9-14-13)6-7-15(2)3/h4-5,8-9,14H,6-7H2,1-3H3/p+1. The van der Waals surface area contributed by atoms with Crippen molar-refractivity contribution >= 4 is 10.9 Å². The summed E-state index contributed by atoms with van der Waals surface area (Å²) in [5, 5.41) is 1.39. The van der Waals surface area contributed by atoms with Gasteiger partial charge in [-0.1, -0.05) is 11.6 Å². The SMILES string of the molecule is Cc1ccc2[nH]cc(CC[NH+](C)C)c2c1. The molecule has 2 N–H and O–H groups in total. The fourth-order valence-electron chi connectivity index (χ4n) is 1.88. The summed E-state index contributed by atoms with van der Waals surface area (Å²) in [6.45, 7) is 3.33. The number of rotatable bonds is 3. The van der Waals surface area contributed by atoms with Crippen LogP contribution in [0, 0.1) is 6.92 Å². The van der Waals surface area contributed by atoms with E-state index in [4.69, 9.17) is 0 Å². The van der Waals surface area contributed by atoms with Gasteiger partial charge in [0.1, 0.15) is 0 Å². The molecule has 2 aromatic rings. The normalized spacial score (nSPS) is 11.5. The molecule has 0 unspecified atom stereocenters. The molecule has 2 nitrogen and oxygen atoms in total. The van der Waals surface area contributed by atoms with Crippen LogP contribution in [-0.4, -0.2) is 25.6 Å². The number of aromatic amines is 1. The topological polar surface area (TPSA) is 20.2 Å². The van der Waals surface area contributed by atoms with Crippen LogP contribution in [0.5, 0.6) is 0 Å². The van der Waals surface area contributed by atoms with Crippen LogP contribution in [-0.2, 0) is 6.42 Å². The quantitative estimate of drug-likeness (QED) is 0.747. The van der Waals surface area contributed by atoms with Gasteiger partial charge in [0.15, 0.2) is 0 Å². The highest BCUT2D eigenvalue weighted by Crippen LogP contribution is 2.19. The highest BCUT2D eigenvalue weighted by Gasteiger charge is 2.04. The van der Waals surface area contributed by atoms with Gasteiger partial charge in [0.25, 0.3) is 0 Å². The van der Waals surface area contributed by atoms with E-state index in [0.717, 1.165) is 6.42 Å². The Hall–Kier alpha value is -1.28. The van der Waals surface area contributed by atoms with Crippen molar-refractivity contribution in [2.24, 2.45) is 0 Å². The average molecular weight is 203 g/mol. The van der Waals surface area contributed by atoms with Crippen molar-refractivity contribution in [3.8, 4) is 0 Å². The molecule has 1 aromatic carbocycles. The predicted octanol–water partition coefficient (Wildman–Crippen LogP) is 1.16. The number of hydrogen-bond donors (Lipinski definition) is 2. The van der Waals surface area contributed by atoms with Crippen LogP contribution < -0.4 is 4.90 Å². The highest BCUT2D eigenvalue weighted by molar-refractivity contribution is 5.83. The first-order valence-electron chi connectivity index (χ1n) is 5.52. The van der Waals surface area contributed by atoms with E-state index in [9.17, 15) is 0 Å². The summed E-state index contributed by atoms with van der Waals surface area (Å²) >= 11 is 0. The Kier molecular flexibility index (Phi) is 2.78. The molecule has 0 aliphatic rings. The highest BCUT2D eigenvalue weighted by atomic mass is 15.0. The second kappa shape index (κ2) is 4.07. The third-order valence-electron chi connectivity index (χ3n) is 2.82. The van der Waals surface area contributed by atoms with Gasteiger partial charge in [-0.3, -0.25) is 0 Å². The predicted molar refractivity (Wildman–Crippen MR) is 64.4 cm³/mol. The second-order valence-electron chi connectivity index (χ2n) is 4.57. The van der Waals surface area contributed by atoms with Crippen molar-refractivity contribution in [2.75, 3.05) is 20.6 Å². The smallest absolute Gasteiger partial charge is 0.0808 e. The lowest BCUT2D eigenvalue weighted by atomic mass is 10.1. The maximum absolute atomic E-state index is 3.33. The van der Waals surface area contributed by atoms with E-state index in [1.807, 2.05) is 0 Å². The number of quaternary nitrogens is 1. The Morgan fingerprint density at radius 1 is 1.27 bits per heavy atom. The first-order valence-corrected chi connectivity index (χ1v) is 5.52. The van der Waals surface area contributed by atoms with Gasteiger partial charge in [-0.05, 0) is 24.6 Å². The summed E-state index contributed by atoms with van der Waals surface area (Å²) in [6, 6.07) is 6.59. The summed E-state index contributed by atoms with van der Waals surface area (Å²) in [5.41, 5.74) is 4.03. The molecule has 0 saturated heterocycles. The molecule has 15 heavy (non-hydrogen) atoms. The van der Waals surface area contributed by atoms with Gasteiger partial charge in [-0.25, -0.2) is 0 Å². The van der Waals surface area contributed by atoms with E-state index < -0.39 is 0 Å². The third kappa shape index (κ3) is 2.21. The van der Waals surface area contributed by atoms with E-state index in [1.54, 1.807) is 0 Å². The van der Waals surface area contributed by atoms with Crippen LogP contribution in [0.1, 0.15) is 11.1 Å². The number of aryl methyl sites for hydroxylation is 1. The zero-order valence-corrected chi connectivity index (χ0v) is 9.72. The Morgan fingerprint density at radius 3 is 2.80 bits per heavy atom. The lowest BCUT2D eigenvalue weighted by Crippen LogP contribution is -3.05. The third-order valence-corrected chi connectivity index (χ3v) is 2.82. The molecule has 0 amide bonds. The fraction of sp³-hybridized carbons (Fsp3) is 0.385. The van der Waals surface area contributed by atoms with Crippen molar-refractivity contribution in [3.63, 3.8) is 0 Å². The average Bonchev–Trinajstić information content (AvgIpc) is 2.57. The van der Waals surface area contributed by atoms with Crippen LogP contribution in [0.25, 0.3) is 10.9 Å². The number of hydrogen-bond acceptors (Lipinski definition) is 0. The first-order chi connectivity index (χ1) is 7.16. The molecule has 0 saturated carbocycles. The number of likely N-dealkylation sites (N-methyl/N-ethyl adjacent to an activating group) is 1. The van der Waals surface area contributed by atoms with Gasteiger partial charge >= 0.3 is 0 Å². The minimum atomic E-state index is 1.14. The largest absolute Gasteiger partial charge is 0.361 e. The molecule has 2 heteroatoms. The molecular weight excluding hydrogens is 184 g/mol. The van der Waals surface area contributed by atoms with E-state index in [2.05, 4.69) is 50.4 Å². The Balaban J connectivity index is 2.31. The number of nitrogens with one attached hydrogen (secondary N) is 2. The molecule has 0 spiro atoms. The van der Waals surface area contributed by atoms with Gasteiger partial charge in [-0.15, -0.1) is 0 Å². The summed E-state index contributed by atoms with van der Waals surface area (Å²) in [7, 11) is 4.39. The van der Waals surface area contributed by atoms with Crippen LogP contribution >= 0.6 is 0 Å². The van der Waals surface area contributed by atoms with Crippen molar-refractivity contribution in [2.45, 2.75) is 13.3 Å². The summed E-state index contributed by atoms with van der Waals surface area (Å²) in [4.78, 5) is 4.83. The molecule has 0 aliphatic carbocycles. The van der Waals surface area contributed by atoms with Crippen molar-refractivity contribution in [3.05, 3.63) is 35.5 Å². The number of H-pyrrole nitrogens is 1. The zero-order valence-electron chi connectivity index (χ0n) is 9.72. The molecule has 0 aliphatic heterocycles. The van der Waals surface area contributed by atoms with Gasteiger partial charge in [0.05, 0.1) is 20.6 Å². The fourth-order valence-corrected chi connectivity index (χ4v) is 1.88. The minimum Gasteiger partial charge on any atom is -0.361 e. The Bertz CT molecular complexity index is 455. The van der Waals surface area contributed by atoms with Gasteiger partial charge < -0.3 is 9.88 Å². The van der Waals surface area contributed by atoms with Crippen LogP contribution in [0.2, 0.25) is 0 Å². The maximum Gasteiger partial charge on any atom is 0.0808 e. The lowest BCUT2D eigenvalue weighted by molar-refractivity contribution is -0.858. The van der Waals surface area contributed by atoms with E-state index in [-0.39, 0.29) is 0 Å². The van der Waals surface area contributed by atoms with Crippen molar-refractivity contribution in [1.82, 2.24) is 4.98 Å². The number of benzene rings is 1. The molecule has 0 atom stereocenters. The monoisotopic (exact) mass is 203 g/mol. The lowest BCUT2D eigenvalue weighted by Gasteiger charge is -2.05. The molecule has 0 radical (unpaired) electrons. The molecular formula is C13H19N2+. The molecule has 2 rings (SSSR count). The molecule has 1 aromatic heterocycles. The molecule has 80 valence electrons. The summed E-state index contributed by atoms with van der Waals surface area (Å²) in [5.74, 6) is 0. The first kappa shape index (κ1) is 10.2. The summed E-state index contributed by atoms with van der Waals surface area (Å²) in [6.07, 6.45) is 3.29. The van der Waals surface area contributed by atoms with Crippen molar-refractivity contribution in [1.29, 1.82) is 0 Å². The molecule has 0 bridgehead atoms. The number of aromatic nitrogens is 1. The van der Waals surface area contributed by atoms with Crippen LogP contribution in [0.4, 0.5) is 0 Å². The zero-order chi connectivity index (χ0) is 10.8. The van der Waals surface area contributed by atoms with E-state index >= 15 is 0 Å². The second-order valence-corrected chi connectivity index (χ2v) is 4.57. The van der Waals surface area contributed by atoms with E-state index in [0.29, 0.717) is 0 Å². The molecule has 1 heterocycles. The number of fused-ring (bicyclic) bond motifs is 1.